The van der Waals surface area contributed by atoms with Gasteiger partial charge >= 0.3 is 0 Å². The fourth-order valence-corrected chi connectivity index (χ4v) is 3.00. The minimum atomic E-state index is -0.134. The summed E-state index contributed by atoms with van der Waals surface area (Å²) >= 11 is 0. The molecule has 1 saturated carbocycles. The Morgan fingerprint density at radius 2 is 1.95 bits per heavy atom. The average molecular weight is 263 g/mol. The van der Waals surface area contributed by atoms with E-state index < -0.39 is 0 Å². The van der Waals surface area contributed by atoms with Crippen molar-refractivity contribution in [3.8, 4) is 0 Å². The third-order valence-electron chi connectivity index (χ3n) is 4.44. The Kier molecular flexibility index (Phi) is 5.38. The second-order valence-corrected chi connectivity index (χ2v) is 6.15. The fourth-order valence-electron chi connectivity index (χ4n) is 3.00. The molecule has 0 saturated heterocycles. The van der Waals surface area contributed by atoms with Crippen molar-refractivity contribution in [1.29, 1.82) is 0 Å². The summed E-state index contributed by atoms with van der Waals surface area (Å²) in [5.74, 6) is 1.66. The predicted octanol–water partition coefficient (Wildman–Crippen LogP) is 4.09. The summed E-state index contributed by atoms with van der Waals surface area (Å²) < 4.78 is 13.0. The Morgan fingerprint density at radius 3 is 2.63 bits per heavy atom. The summed E-state index contributed by atoms with van der Waals surface area (Å²) in [7, 11) is 0. The molecule has 1 aliphatic rings. The molecule has 0 aromatic heterocycles. The van der Waals surface area contributed by atoms with Gasteiger partial charge in [-0.05, 0) is 74.4 Å². The zero-order chi connectivity index (χ0) is 13.7. The molecule has 19 heavy (non-hydrogen) atoms. The van der Waals surface area contributed by atoms with E-state index in [9.17, 15) is 4.39 Å². The minimum Gasteiger partial charge on any atom is -0.316 e. The van der Waals surface area contributed by atoms with Gasteiger partial charge in [-0.15, -0.1) is 0 Å². The van der Waals surface area contributed by atoms with Crippen LogP contribution in [0.5, 0.6) is 0 Å². The number of nitrogens with one attached hydrogen (secondary N) is 1. The summed E-state index contributed by atoms with van der Waals surface area (Å²) in [5.41, 5.74) is 2.32. The fraction of sp³-hybridized carbons (Fsp3) is 0.647. The molecular weight excluding hydrogens is 237 g/mol. The summed E-state index contributed by atoms with van der Waals surface area (Å²) in [6.45, 7) is 6.49. The van der Waals surface area contributed by atoms with Crippen molar-refractivity contribution in [2.75, 3.05) is 13.1 Å². The molecule has 0 bridgehead atoms. The van der Waals surface area contributed by atoms with Gasteiger partial charge in [0.25, 0.3) is 0 Å². The van der Waals surface area contributed by atoms with E-state index in [1.807, 2.05) is 13.0 Å². The van der Waals surface area contributed by atoms with Crippen LogP contribution in [0.4, 0.5) is 4.39 Å². The molecule has 106 valence electrons. The van der Waals surface area contributed by atoms with Crippen LogP contribution in [0, 0.1) is 24.6 Å². The van der Waals surface area contributed by atoms with Gasteiger partial charge in [0.2, 0.25) is 0 Å². The Balaban J connectivity index is 1.66. The molecule has 0 radical (unpaired) electrons. The highest BCUT2D eigenvalue weighted by atomic mass is 19.1. The Morgan fingerprint density at radius 1 is 1.21 bits per heavy atom. The molecule has 1 nitrogen and oxygen atoms in total. The van der Waals surface area contributed by atoms with Gasteiger partial charge in [0.15, 0.2) is 0 Å². The highest BCUT2D eigenvalue weighted by Crippen LogP contribution is 2.27. The maximum Gasteiger partial charge on any atom is 0.123 e. The molecule has 1 aromatic rings. The molecule has 0 aliphatic heterocycles. The van der Waals surface area contributed by atoms with Crippen LogP contribution < -0.4 is 5.32 Å². The summed E-state index contributed by atoms with van der Waals surface area (Å²) in [6, 6.07) is 5.09. The lowest BCUT2D eigenvalue weighted by atomic mass is 9.83. The van der Waals surface area contributed by atoms with Crippen molar-refractivity contribution >= 4 is 0 Å². The smallest absolute Gasteiger partial charge is 0.123 e. The van der Waals surface area contributed by atoms with Gasteiger partial charge in [-0.2, -0.15) is 0 Å². The van der Waals surface area contributed by atoms with E-state index >= 15 is 0 Å². The maximum atomic E-state index is 13.0. The summed E-state index contributed by atoms with van der Waals surface area (Å²) in [4.78, 5) is 0. The number of benzene rings is 1. The van der Waals surface area contributed by atoms with Gasteiger partial charge < -0.3 is 5.32 Å². The van der Waals surface area contributed by atoms with Gasteiger partial charge in [0, 0.05) is 0 Å². The molecule has 0 spiro atoms. The first kappa shape index (κ1) is 14.5. The van der Waals surface area contributed by atoms with Crippen molar-refractivity contribution in [3.05, 3.63) is 35.1 Å². The van der Waals surface area contributed by atoms with Crippen LogP contribution in [0.1, 0.15) is 43.7 Å². The second kappa shape index (κ2) is 7.04. The molecule has 0 amide bonds. The van der Waals surface area contributed by atoms with Crippen molar-refractivity contribution in [1.82, 2.24) is 5.32 Å². The van der Waals surface area contributed by atoms with E-state index in [0.717, 1.165) is 36.9 Å². The van der Waals surface area contributed by atoms with Gasteiger partial charge in [0.1, 0.15) is 5.82 Å². The Bertz CT molecular complexity index is 394. The van der Waals surface area contributed by atoms with E-state index in [4.69, 9.17) is 0 Å². The van der Waals surface area contributed by atoms with Crippen molar-refractivity contribution < 1.29 is 4.39 Å². The molecule has 1 N–H and O–H groups in total. The van der Waals surface area contributed by atoms with Crippen molar-refractivity contribution in [2.24, 2.45) is 11.8 Å². The first-order chi connectivity index (χ1) is 9.15. The van der Waals surface area contributed by atoms with Crippen LogP contribution in [0.3, 0.4) is 0 Å². The predicted molar refractivity (Wildman–Crippen MR) is 78.8 cm³/mol. The first-order valence-electron chi connectivity index (χ1n) is 7.61. The topological polar surface area (TPSA) is 12.0 Å². The Labute approximate surface area is 116 Å². The number of rotatable bonds is 5. The molecule has 2 rings (SSSR count). The molecular formula is C17H26FN. The second-order valence-electron chi connectivity index (χ2n) is 6.15. The number of halogens is 1. The molecule has 0 heterocycles. The number of hydrogen-bond donors (Lipinski definition) is 1. The van der Waals surface area contributed by atoms with Gasteiger partial charge in [-0.3, -0.25) is 0 Å². The van der Waals surface area contributed by atoms with Crippen LogP contribution in [-0.4, -0.2) is 13.1 Å². The lowest BCUT2D eigenvalue weighted by Crippen LogP contribution is -2.27. The van der Waals surface area contributed by atoms with Crippen LogP contribution >= 0.6 is 0 Å². The molecule has 1 aliphatic carbocycles. The average Bonchev–Trinajstić information content (AvgIpc) is 2.39. The van der Waals surface area contributed by atoms with E-state index in [1.165, 1.54) is 31.2 Å². The molecule has 0 atom stereocenters. The Hall–Kier alpha value is -0.890. The molecule has 1 fully saturated rings. The maximum absolute atomic E-state index is 13.0. The van der Waals surface area contributed by atoms with Crippen LogP contribution in [0.15, 0.2) is 18.2 Å². The van der Waals surface area contributed by atoms with E-state index in [-0.39, 0.29) is 5.82 Å². The molecule has 1 aromatic carbocycles. The quantitative estimate of drug-likeness (QED) is 0.789. The SMILES string of the molecule is Cc1cc(F)ccc1CCNCC1CCC(C)CC1. The van der Waals surface area contributed by atoms with E-state index in [0.29, 0.717) is 0 Å². The first-order valence-corrected chi connectivity index (χ1v) is 7.61. The monoisotopic (exact) mass is 263 g/mol. The number of hydrogen-bond acceptors (Lipinski definition) is 1. The lowest BCUT2D eigenvalue weighted by Gasteiger charge is -2.26. The number of aryl methyl sites for hydroxylation is 1. The lowest BCUT2D eigenvalue weighted by molar-refractivity contribution is 0.282. The largest absolute Gasteiger partial charge is 0.316 e. The van der Waals surface area contributed by atoms with Crippen molar-refractivity contribution in [2.45, 2.75) is 46.0 Å². The minimum absolute atomic E-state index is 0.134. The third kappa shape index (κ3) is 4.61. The van der Waals surface area contributed by atoms with Crippen LogP contribution in [0.2, 0.25) is 0 Å². The molecule has 2 heteroatoms. The highest BCUT2D eigenvalue weighted by Gasteiger charge is 2.17. The standard InChI is InChI=1S/C17H26FN/c1-13-3-5-15(6-4-13)12-19-10-9-16-7-8-17(18)11-14(16)2/h7-8,11,13,15,19H,3-6,9-10,12H2,1-2H3. The van der Waals surface area contributed by atoms with E-state index in [2.05, 4.69) is 12.2 Å². The van der Waals surface area contributed by atoms with Gasteiger partial charge in [0.05, 0.1) is 0 Å². The third-order valence-corrected chi connectivity index (χ3v) is 4.44. The van der Waals surface area contributed by atoms with Crippen molar-refractivity contribution in [3.63, 3.8) is 0 Å². The van der Waals surface area contributed by atoms with Crippen LogP contribution in [0.25, 0.3) is 0 Å². The summed E-state index contributed by atoms with van der Waals surface area (Å²) in [5, 5.41) is 3.57. The zero-order valence-electron chi connectivity index (χ0n) is 12.2. The summed E-state index contributed by atoms with van der Waals surface area (Å²) in [6.07, 6.45) is 6.54. The van der Waals surface area contributed by atoms with E-state index in [1.54, 1.807) is 12.1 Å². The van der Waals surface area contributed by atoms with Crippen LogP contribution in [-0.2, 0) is 6.42 Å². The zero-order valence-corrected chi connectivity index (χ0v) is 12.2. The highest BCUT2D eigenvalue weighted by molar-refractivity contribution is 5.26. The van der Waals surface area contributed by atoms with Gasteiger partial charge in [-0.25, -0.2) is 4.39 Å². The normalized spacial score (nSPS) is 23.5. The van der Waals surface area contributed by atoms with Gasteiger partial charge in [-0.1, -0.05) is 25.8 Å². The molecule has 0 unspecified atom stereocenters.